The third-order valence-corrected chi connectivity index (χ3v) is 4.78. The Kier molecular flexibility index (Phi) is 4.71. The van der Waals surface area contributed by atoms with Gasteiger partial charge in [0.2, 0.25) is 11.8 Å². The number of piperazine rings is 1. The maximum absolute atomic E-state index is 12.7. The van der Waals surface area contributed by atoms with Gasteiger partial charge < -0.3 is 10.2 Å². The van der Waals surface area contributed by atoms with E-state index in [1.165, 1.54) is 12.8 Å². The summed E-state index contributed by atoms with van der Waals surface area (Å²) < 4.78 is 0. The minimum Gasteiger partial charge on any atom is -0.342 e. The first-order valence-electron chi connectivity index (χ1n) is 8.06. The molecule has 1 N–H and O–H groups in total. The predicted molar refractivity (Wildman–Crippen MR) is 79.1 cm³/mol. The molecule has 1 aliphatic carbocycles. The normalized spacial score (nSPS) is 28.8. The van der Waals surface area contributed by atoms with Crippen LogP contribution in [0.3, 0.4) is 0 Å². The summed E-state index contributed by atoms with van der Waals surface area (Å²) in [5, 5.41) is 2.93. The zero-order chi connectivity index (χ0) is 14.9. The second-order valence-electron chi connectivity index (χ2n) is 6.82. The molecule has 0 bridgehead atoms. The van der Waals surface area contributed by atoms with Gasteiger partial charge >= 0.3 is 0 Å². The SMILES string of the molecule is CCC(C)C1C(=O)NC(C(C)C)C(=O)N1CCC1CC1. The van der Waals surface area contributed by atoms with Gasteiger partial charge in [0.1, 0.15) is 12.1 Å². The van der Waals surface area contributed by atoms with Gasteiger partial charge in [-0.05, 0) is 24.2 Å². The lowest BCUT2D eigenvalue weighted by Crippen LogP contribution is -2.66. The van der Waals surface area contributed by atoms with Crippen molar-refractivity contribution < 1.29 is 9.59 Å². The van der Waals surface area contributed by atoms with Crippen molar-refractivity contribution in [1.29, 1.82) is 0 Å². The molecule has 0 aromatic rings. The standard InChI is InChI=1S/C16H28N2O2/c1-5-11(4)14-15(19)17-13(10(2)3)16(20)18(14)9-8-12-6-7-12/h10-14H,5-9H2,1-4H3,(H,17,19). The van der Waals surface area contributed by atoms with Gasteiger partial charge in [0.05, 0.1) is 0 Å². The topological polar surface area (TPSA) is 49.4 Å². The molecule has 1 saturated carbocycles. The molecule has 0 aromatic heterocycles. The van der Waals surface area contributed by atoms with E-state index in [1.807, 2.05) is 18.7 Å². The Bertz CT molecular complexity index is 377. The van der Waals surface area contributed by atoms with Gasteiger partial charge in [-0.25, -0.2) is 0 Å². The third-order valence-electron chi connectivity index (χ3n) is 4.78. The fraction of sp³-hybridized carbons (Fsp3) is 0.875. The van der Waals surface area contributed by atoms with Crippen LogP contribution in [0.25, 0.3) is 0 Å². The molecule has 1 saturated heterocycles. The Balaban J connectivity index is 2.15. The molecule has 4 heteroatoms. The summed E-state index contributed by atoms with van der Waals surface area (Å²) in [7, 11) is 0. The highest BCUT2D eigenvalue weighted by Crippen LogP contribution is 2.33. The van der Waals surface area contributed by atoms with Crippen LogP contribution in [-0.4, -0.2) is 35.3 Å². The van der Waals surface area contributed by atoms with Crippen LogP contribution in [0.1, 0.15) is 53.4 Å². The van der Waals surface area contributed by atoms with Crippen LogP contribution in [0.15, 0.2) is 0 Å². The fourth-order valence-corrected chi connectivity index (χ4v) is 2.98. The molecule has 114 valence electrons. The van der Waals surface area contributed by atoms with E-state index in [1.54, 1.807) is 0 Å². The van der Waals surface area contributed by atoms with E-state index in [-0.39, 0.29) is 35.7 Å². The number of nitrogens with zero attached hydrogens (tertiary/aromatic N) is 1. The number of rotatable bonds is 6. The van der Waals surface area contributed by atoms with Crippen molar-refractivity contribution in [3.05, 3.63) is 0 Å². The Morgan fingerprint density at radius 1 is 1.25 bits per heavy atom. The summed E-state index contributed by atoms with van der Waals surface area (Å²) in [6.45, 7) is 8.87. The summed E-state index contributed by atoms with van der Waals surface area (Å²) >= 11 is 0. The first kappa shape index (κ1) is 15.3. The lowest BCUT2D eigenvalue weighted by molar-refractivity contribution is -0.152. The highest BCUT2D eigenvalue weighted by molar-refractivity contribution is 5.97. The molecular weight excluding hydrogens is 252 g/mol. The Morgan fingerprint density at radius 3 is 2.40 bits per heavy atom. The first-order valence-corrected chi connectivity index (χ1v) is 8.06. The minimum absolute atomic E-state index is 0.0356. The molecule has 3 atom stereocenters. The Hall–Kier alpha value is -1.06. The van der Waals surface area contributed by atoms with E-state index in [2.05, 4.69) is 19.2 Å². The zero-order valence-corrected chi connectivity index (χ0v) is 13.2. The molecule has 0 spiro atoms. The van der Waals surface area contributed by atoms with Crippen molar-refractivity contribution in [2.24, 2.45) is 17.8 Å². The van der Waals surface area contributed by atoms with Crippen LogP contribution < -0.4 is 5.32 Å². The van der Waals surface area contributed by atoms with Gasteiger partial charge in [0, 0.05) is 6.54 Å². The first-order chi connectivity index (χ1) is 9.45. The smallest absolute Gasteiger partial charge is 0.246 e. The van der Waals surface area contributed by atoms with Gasteiger partial charge in [-0.1, -0.05) is 47.0 Å². The van der Waals surface area contributed by atoms with Crippen molar-refractivity contribution in [2.45, 2.75) is 65.5 Å². The van der Waals surface area contributed by atoms with Crippen LogP contribution >= 0.6 is 0 Å². The van der Waals surface area contributed by atoms with Crippen LogP contribution in [-0.2, 0) is 9.59 Å². The monoisotopic (exact) mass is 280 g/mol. The van der Waals surface area contributed by atoms with Crippen molar-refractivity contribution >= 4 is 11.8 Å². The minimum atomic E-state index is -0.345. The highest BCUT2D eigenvalue weighted by Gasteiger charge is 2.43. The van der Waals surface area contributed by atoms with Crippen molar-refractivity contribution in [1.82, 2.24) is 10.2 Å². The molecule has 1 heterocycles. The van der Waals surface area contributed by atoms with Gasteiger partial charge in [-0.2, -0.15) is 0 Å². The van der Waals surface area contributed by atoms with Crippen LogP contribution in [0.5, 0.6) is 0 Å². The highest BCUT2D eigenvalue weighted by atomic mass is 16.2. The number of nitrogens with one attached hydrogen (secondary N) is 1. The van der Waals surface area contributed by atoms with E-state index in [4.69, 9.17) is 0 Å². The fourth-order valence-electron chi connectivity index (χ4n) is 2.98. The molecule has 4 nitrogen and oxygen atoms in total. The number of amides is 2. The number of carbonyl (C=O) groups excluding carboxylic acids is 2. The van der Waals surface area contributed by atoms with Crippen molar-refractivity contribution in [2.75, 3.05) is 6.54 Å². The second-order valence-corrected chi connectivity index (χ2v) is 6.82. The second kappa shape index (κ2) is 6.15. The van der Waals surface area contributed by atoms with Crippen LogP contribution in [0.2, 0.25) is 0 Å². The molecule has 2 rings (SSSR count). The molecule has 1 aliphatic heterocycles. The quantitative estimate of drug-likeness (QED) is 0.811. The zero-order valence-electron chi connectivity index (χ0n) is 13.2. The van der Waals surface area contributed by atoms with E-state index in [0.29, 0.717) is 0 Å². The molecule has 0 aromatic carbocycles. The van der Waals surface area contributed by atoms with Crippen molar-refractivity contribution in [3.8, 4) is 0 Å². The lowest BCUT2D eigenvalue weighted by Gasteiger charge is -2.42. The predicted octanol–water partition coefficient (Wildman–Crippen LogP) is 2.18. The Morgan fingerprint density at radius 2 is 1.90 bits per heavy atom. The molecule has 2 fully saturated rings. The average molecular weight is 280 g/mol. The van der Waals surface area contributed by atoms with E-state index in [9.17, 15) is 9.59 Å². The summed E-state index contributed by atoms with van der Waals surface area (Å²) in [5.41, 5.74) is 0. The van der Waals surface area contributed by atoms with Gasteiger partial charge in [0.25, 0.3) is 0 Å². The molecule has 3 unspecified atom stereocenters. The molecular formula is C16H28N2O2. The number of hydrogen-bond donors (Lipinski definition) is 1. The molecule has 2 aliphatic rings. The van der Waals surface area contributed by atoms with Crippen molar-refractivity contribution in [3.63, 3.8) is 0 Å². The van der Waals surface area contributed by atoms with Gasteiger partial charge in [-0.15, -0.1) is 0 Å². The molecule has 0 radical (unpaired) electrons. The number of hydrogen-bond acceptors (Lipinski definition) is 2. The Labute approximate surface area is 122 Å². The largest absolute Gasteiger partial charge is 0.342 e. The van der Waals surface area contributed by atoms with Crippen LogP contribution in [0, 0.1) is 17.8 Å². The summed E-state index contributed by atoms with van der Waals surface area (Å²) in [6, 6.07) is -0.622. The molecule has 2 amide bonds. The summed E-state index contributed by atoms with van der Waals surface area (Å²) in [6.07, 6.45) is 4.54. The van der Waals surface area contributed by atoms with E-state index >= 15 is 0 Å². The number of carbonyl (C=O) groups is 2. The molecule has 20 heavy (non-hydrogen) atoms. The average Bonchev–Trinajstić information content (AvgIpc) is 3.22. The lowest BCUT2D eigenvalue weighted by atomic mass is 9.90. The third kappa shape index (κ3) is 3.15. The maximum atomic E-state index is 12.7. The maximum Gasteiger partial charge on any atom is 0.246 e. The van der Waals surface area contributed by atoms with Gasteiger partial charge in [-0.3, -0.25) is 9.59 Å². The van der Waals surface area contributed by atoms with E-state index in [0.717, 1.165) is 25.3 Å². The summed E-state index contributed by atoms with van der Waals surface area (Å²) in [5.74, 6) is 1.29. The summed E-state index contributed by atoms with van der Waals surface area (Å²) in [4.78, 5) is 27.0. The van der Waals surface area contributed by atoms with Gasteiger partial charge in [0.15, 0.2) is 0 Å². The van der Waals surface area contributed by atoms with Crippen LogP contribution in [0.4, 0.5) is 0 Å². The van der Waals surface area contributed by atoms with E-state index < -0.39 is 0 Å².